The zero-order valence-electron chi connectivity index (χ0n) is 20.2. The molecule has 0 atom stereocenters. The highest BCUT2D eigenvalue weighted by molar-refractivity contribution is 7.89. The fourth-order valence-electron chi connectivity index (χ4n) is 3.86. The summed E-state index contributed by atoms with van der Waals surface area (Å²) in [5, 5.41) is 0. The molecule has 1 heterocycles. The highest BCUT2D eigenvalue weighted by Gasteiger charge is 2.29. The number of nitrogens with one attached hydrogen (secondary N) is 1. The number of nitrogens with zero attached hydrogens (tertiary/aromatic N) is 1. The molecule has 1 N–H and O–H groups in total. The quantitative estimate of drug-likeness (QED) is 0.465. The number of benzene rings is 2. The lowest BCUT2D eigenvalue weighted by molar-refractivity contribution is 0.0519. The minimum atomic E-state index is -3.81. The molecule has 0 unspecified atom stereocenters. The first-order valence-electron chi connectivity index (χ1n) is 11.0. The Morgan fingerprint density at radius 2 is 1.58 bits per heavy atom. The van der Waals surface area contributed by atoms with Gasteiger partial charge in [-0.05, 0) is 75.4 Å². The number of H-pyrrole nitrogens is 1. The number of esters is 1. The summed E-state index contributed by atoms with van der Waals surface area (Å²) in [7, 11) is -3.81. The van der Waals surface area contributed by atoms with E-state index in [4.69, 9.17) is 4.74 Å². The van der Waals surface area contributed by atoms with Crippen molar-refractivity contribution in [3.8, 4) is 0 Å². The summed E-state index contributed by atoms with van der Waals surface area (Å²) >= 11 is 0. The molecule has 33 heavy (non-hydrogen) atoms. The van der Waals surface area contributed by atoms with E-state index in [0.29, 0.717) is 21.7 Å². The van der Waals surface area contributed by atoms with Crippen LogP contribution in [0.3, 0.4) is 0 Å². The lowest BCUT2D eigenvalue weighted by Crippen LogP contribution is -2.31. The van der Waals surface area contributed by atoms with E-state index >= 15 is 0 Å². The van der Waals surface area contributed by atoms with Crippen molar-refractivity contribution >= 4 is 16.0 Å². The zero-order valence-corrected chi connectivity index (χ0v) is 21.0. The molecule has 1 aromatic heterocycles. The van der Waals surface area contributed by atoms with E-state index in [-0.39, 0.29) is 19.7 Å². The summed E-state index contributed by atoms with van der Waals surface area (Å²) in [4.78, 5) is 15.7. The highest BCUT2D eigenvalue weighted by atomic mass is 32.2. The third kappa shape index (κ3) is 5.37. The molecule has 7 heteroatoms. The number of ether oxygens (including phenoxy) is 1. The van der Waals surface area contributed by atoms with Gasteiger partial charge in [-0.1, -0.05) is 42.0 Å². The van der Waals surface area contributed by atoms with E-state index in [2.05, 4.69) is 4.98 Å². The summed E-state index contributed by atoms with van der Waals surface area (Å²) in [5.41, 5.74) is 6.18. The molecule has 0 aliphatic carbocycles. The SMILES string of the molecule is CCOC(=O)c1[nH]c(C)c(CN(Cc2ccc(C)cc2)S(=O)(=O)c2cc(C)ccc2C)c1C. The largest absolute Gasteiger partial charge is 0.461 e. The van der Waals surface area contributed by atoms with Crippen LogP contribution in [0.25, 0.3) is 0 Å². The lowest BCUT2D eigenvalue weighted by atomic mass is 10.1. The summed E-state index contributed by atoms with van der Waals surface area (Å²) < 4.78 is 34.4. The molecule has 0 aliphatic rings. The Bertz CT molecular complexity index is 1260. The fraction of sp³-hybridized carbons (Fsp3) is 0.346. The van der Waals surface area contributed by atoms with Crippen molar-refractivity contribution in [3.63, 3.8) is 0 Å². The Morgan fingerprint density at radius 3 is 2.21 bits per heavy atom. The van der Waals surface area contributed by atoms with Gasteiger partial charge in [0, 0.05) is 18.8 Å². The first-order chi connectivity index (χ1) is 15.5. The van der Waals surface area contributed by atoms with Crippen molar-refractivity contribution < 1.29 is 17.9 Å². The van der Waals surface area contributed by atoms with E-state index < -0.39 is 16.0 Å². The second kappa shape index (κ2) is 9.93. The maximum Gasteiger partial charge on any atom is 0.355 e. The molecule has 0 fully saturated rings. The first kappa shape index (κ1) is 24.7. The normalized spacial score (nSPS) is 11.7. The summed E-state index contributed by atoms with van der Waals surface area (Å²) in [6.45, 7) is 11.7. The Kier molecular flexibility index (Phi) is 7.44. The Labute approximate surface area is 196 Å². The van der Waals surface area contributed by atoms with Gasteiger partial charge in [-0.3, -0.25) is 0 Å². The van der Waals surface area contributed by atoms with Crippen LogP contribution in [0.4, 0.5) is 0 Å². The van der Waals surface area contributed by atoms with Crippen LogP contribution >= 0.6 is 0 Å². The second-order valence-electron chi connectivity index (χ2n) is 8.48. The number of aromatic amines is 1. The zero-order chi connectivity index (χ0) is 24.3. The van der Waals surface area contributed by atoms with Gasteiger partial charge in [0.15, 0.2) is 0 Å². The van der Waals surface area contributed by atoms with Gasteiger partial charge in [-0.2, -0.15) is 4.31 Å². The average molecular weight is 469 g/mol. The first-order valence-corrected chi connectivity index (χ1v) is 12.5. The standard InChI is InChI=1S/C26H32N2O4S/c1-7-32-26(29)25-20(5)23(21(6)27-25)16-28(15-22-12-9-17(2)10-13-22)33(30,31)24-14-18(3)8-11-19(24)4/h8-14,27H,7,15-16H2,1-6H3. The predicted molar refractivity (Wildman–Crippen MR) is 130 cm³/mol. The third-order valence-electron chi connectivity index (χ3n) is 5.85. The molecule has 2 aromatic carbocycles. The maximum atomic E-state index is 13.9. The van der Waals surface area contributed by atoms with Crippen LogP contribution in [0.2, 0.25) is 0 Å². The van der Waals surface area contributed by atoms with Crippen LogP contribution < -0.4 is 0 Å². The van der Waals surface area contributed by atoms with Crippen molar-refractivity contribution in [1.29, 1.82) is 0 Å². The molecule has 6 nitrogen and oxygen atoms in total. The second-order valence-corrected chi connectivity index (χ2v) is 10.4. The smallest absolute Gasteiger partial charge is 0.355 e. The van der Waals surface area contributed by atoms with Gasteiger partial charge in [-0.25, -0.2) is 13.2 Å². The number of carbonyl (C=O) groups excluding carboxylic acids is 1. The maximum absolute atomic E-state index is 13.9. The summed E-state index contributed by atoms with van der Waals surface area (Å²) in [5.74, 6) is -0.438. The predicted octanol–water partition coefficient (Wildman–Crippen LogP) is 5.12. The van der Waals surface area contributed by atoms with E-state index in [1.54, 1.807) is 13.0 Å². The molecule has 3 rings (SSSR count). The minimum Gasteiger partial charge on any atom is -0.461 e. The van der Waals surface area contributed by atoms with Crippen molar-refractivity contribution in [2.75, 3.05) is 6.61 Å². The Morgan fingerprint density at radius 1 is 0.939 bits per heavy atom. The molecule has 0 aliphatic heterocycles. The van der Waals surface area contributed by atoms with Crippen LogP contribution in [0.5, 0.6) is 0 Å². The highest BCUT2D eigenvalue weighted by Crippen LogP contribution is 2.28. The molecule has 0 saturated heterocycles. The van der Waals surface area contributed by atoms with Crippen LogP contribution in [0.15, 0.2) is 47.4 Å². The van der Waals surface area contributed by atoms with Crippen molar-refractivity contribution in [2.24, 2.45) is 0 Å². The number of aryl methyl sites for hydroxylation is 4. The molecule has 0 radical (unpaired) electrons. The number of carbonyl (C=O) groups is 1. The van der Waals surface area contributed by atoms with E-state index in [9.17, 15) is 13.2 Å². The molecular formula is C26H32N2O4S. The third-order valence-corrected chi connectivity index (χ3v) is 7.78. The molecular weight excluding hydrogens is 436 g/mol. The molecule has 176 valence electrons. The Balaban J connectivity index is 2.07. The van der Waals surface area contributed by atoms with Gasteiger partial charge < -0.3 is 9.72 Å². The van der Waals surface area contributed by atoms with Crippen LogP contribution in [-0.4, -0.2) is 30.3 Å². The number of hydrogen-bond donors (Lipinski definition) is 1. The summed E-state index contributed by atoms with van der Waals surface area (Å²) in [6.07, 6.45) is 0. The average Bonchev–Trinajstić information content (AvgIpc) is 3.04. The van der Waals surface area contributed by atoms with E-state index in [1.165, 1.54) is 4.31 Å². The molecule has 0 spiro atoms. The number of hydrogen-bond acceptors (Lipinski definition) is 4. The molecule has 0 amide bonds. The van der Waals surface area contributed by atoms with E-state index in [1.807, 2.05) is 71.0 Å². The van der Waals surface area contributed by atoms with Crippen LogP contribution in [0, 0.1) is 34.6 Å². The molecule has 3 aromatic rings. The minimum absolute atomic E-state index is 0.136. The van der Waals surface area contributed by atoms with Gasteiger partial charge in [0.25, 0.3) is 0 Å². The lowest BCUT2D eigenvalue weighted by Gasteiger charge is -2.24. The van der Waals surface area contributed by atoms with Crippen molar-refractivity contribution in [2.45, 2.75) is 59.5 Å². The van der Waals surface area contributed by atoms with Crippen LogP contribution in [-0.2, 0) is 27.8 Å². The number of rotatable bonds is 8. The van der Waals surface area contributed by atoms with E-state index in [0.717, 1.165) is 27.9 Å². The van der Waals surface area contributed by atoms with Crippen molar-refractivity contribution in [1.82, 2.24) is 9.29 Å². The number of aromatic nitrogens is 1. The Hall–Kier alpha value is -2.90. The van der Waals surface area contributed by atoms with Crippen molar-refractivity contribution in [3.05, 3.63) is 87.2 Å². The monoisotopic (exact) mass is 468 g/mol. The summed E-state index contributed by atoms with van der Waals surface area (Å²) in [6, 6.07) is 13.3. The van der Waals surface area contributed by atoms with Gasteiger partial charge in [0.1, 0.15) is 5.69 Å². The topological polar surface area (TPSA) is 79.5 Å². The van der Waals surface area contributed by atoms with Crippen LogP contribution in [0.1, 0.15) is 56.5 Å². The van der Waals surface area contributed by atoms with Gasteiger partial charge in [-0.15, -0.1) is 0 Å². The van der Waals surface area contributed by atoms with Gasteiger partial charge in [0.05, 0.1) is 11.5 Å². The van der Waals surface area contributed by atoms with Gasteiger partial charge in [0.2, 0.25) is 10.0 Å². The fourth-order valence-corrected chi connectivity index (χ4v) is 5.56. The van der Waals surface area contributed by atoms with Gasteiger partial charge >= 0.3 is 5.97 Å². The number of sulfonamides is 1. The molecule has 0 bridgehead atoms. The molecule has 0 saturated carbocycles.